The summed E-state index contributed by atoms with van der Waals surface area (Å²) in [6.45, 7) is 0.733. The maximum Gasteiger partial charge on any atom is 0.253 e. The van der Waals surface area contributed by atoms with Crippen molar-refractivity contribution in [3.63, 3.8) is 0 Å². The van der Waals surface area contributed by atoms with Crippen molar-refractivity contribution in [3.05, 3.63) is 54.1 Å². The molecule has 0 saturated carbocycles. The molecule has 23 heavy (non-hydrogen) atoms. The lowest BCUT2D eigenvalue weighted by Gasteiger charge is -2.08. The van der Waals surface area contributed by atoms with Gasteiger partial charge in [0.2, 0.25) is 0 Å². The second-order valence-corrected chi connectivity index (χ2v) is 4.71. The van der Waals surface area contributed by atoms with Crippen molar-refractivity contribution in [2.24, 2.45) is 0 Å². The summed E-state index contributed by atoms with van der Waals surface area (Å²) in [5.74, 6) is 2.77. The van der Waals surface area contributed by atoms with Gasteiger partial charge >= 0.3 is 0 Å². The molecule has 0 spiro atoms. The molecule has 0 fully saturated rings. The van der Waals surface area contributed by atoms with E-state index in [4.69, 9.17) is 6.42 Å². The summed E-state index contributed by atoms with van der Waals surface area (Å²) in [5.41, 5.74) is 2.21. The minimum Gasteiger partial charge on any atom is -0.364 e. The van der Waals surface area contributed by atoms with Crippen LogP contribution in [0.1, 0.15) is 16.1 Å². The van der Waals surface area contributed by atoms with Crippen LogP contribution in [0.5, 0.6) is 0 Å². The first kappa shape index (κ1) is 14.5. The molecule has 2 N–H and O–H groups in total. The number of amides is 1. The monoisotopic (exact) mass is 306 g/mol. The Hall–Kier alpha value is -3.40. The van der Waals surface area contributed by atoms with Crippen LogP contribution in [0, 0.1) is 12.3 Å². The first-order valence-corrected chi connectivity index (χ1v) is 6.97. The van der Waals surface area contributed by atoms with E-state index in [-0.39, 0.29) is 12.5 Å². The summed E-state index contributed by atoms with van der Waals surface area (Å²) >= 11 is 0. The molecule has 7 heteroatoms. The van der Waals surface area contributed by atoms with Crippen LogP contribution in [-0.2, 0) is 6.54 Å². The maximum absolute atomic E-state index is 11.7. The van der Waals surface area contributed by atoms with E-state index in [9.17, 15) is 4.79 Å². The topological polar surface area (TPSA) is 84.2 Å². The van der Waals surface area contributed by atoms with Gasteiger partial charge < -0.3 is 10.6 Å². The quantitative estimate of drug-likeness (QED) is 0.690. The minimum atomic E-state index is -0.241. The van der Waals surface area contributed by atoms with Gasteiger partial charge in [-0.1, -0.05) is 5.92 Å². The molecule has 0 aromatic carbocycles. The SMILES string of the molecule is C#CCNC(=O)c1ccc(NCc2ccnc3ccnn23)nc1. The highest BCUT2D eigenvalue weighted by Crippen LogP contribution is 2.08. The average molecular weight is 306 g/mol. The Morgan fingerprint density at radius 3 is 2.91 bits per heavy atom. The summed E-state index contributed by atoms with van der Waals surface area (Å²) in [6, 6.07) is 7.16. The van der Waals surface area contributed by atoms with Gasteiger partial charge in [0, 0.05) is 18.5 Å². The average Bonchev–Trinajstić information content (AvgIpc) is 3.07. The highest BCUT2D eigenvalue weighted by Gasteiger charge is 2.06. The molecule has 3 aromatic rings. The molecule has 0 saturated heterocycles. The number of hydrogen-bond acceptors (Lipinski definition) is 5. The highest BCUT2D eigenvalue weighted by molar-refractivity contribution is 5.94. The van der Waals surface area contributed by atoms with Crippen LogP contribution in [0.25, 0.3) is 5.65 Å². The highest BCUT2D eigenvalue weighted by atomic mass is 16.1. The van der Waals surface area contributed by atoms with Crippen molar-refractivity contribution in [1.82, 2.24) is 24.9 Å². The Morgan fingerprint density at radius 2 is 2.13 bits per heavy atom. The number of fused-ring (bicyclic) bond motifs is 1. The number of anilines is 1. The molecule has 7 nitrogen and oxygen atoms in total. The molecule has 0 bridgehead atoms. The number of pyridine rings is 1. The molecular weight excluding hydrogens is 292 g/mol. The normalized spacial score (nSPS) is 10.2. The molecule has 0 radical (unpaired) electrons. The summed E-state index contributed by atoms with van der Waals surface area (Å²) in [4.78, 5) is 20.2. The molecule has 0 unspecified atom stereocenters. The zero-order chi connectivity index (χ0) is 16.1. The van der Waals surface area contributed by atoms with Crippen molar-refractivity contribution in [2.75, 3.05) is 11.9 Å². The lowest BCUT2D eigenvalue weighted by Crippen LogP contribution is -2.23. The summed E-state index contributed by atoms with van der Waals surface area (Å²) in [7, 11) is 0. The molecule has 0 aliphatic heterocycles. The smallest absolute Gasteiger partial charge is 0.253 e. The molecule has 1 amide bonds. The standard InChI is InChI=1S/C16H14N6O/c1-2-7-18-16(23)12-3-4-14(19-10-12)20-11-13-5-8-17-15-6-9-21-22(13)15/h1,3-6,8-10H,7,11H2,(H,18,23)(H,19,20). The Bertz CT molecular complexity index is 862. The van der Waals surface area contributed by atoms with Crippen LogP contribution in [0.2, 0.25) is 0 Å². The van der Waals surface area contributed by atoms with Gasteiger partial charge in [-0.3, -0.25) is 4.79 Å². The first-order valence-electron chi connectivity index (χ1n) is 6.97. The van der Waals surface area contributed by atoms with Crippen molar-refractivity contribution < 1.29 is 4.79 Å². The lowest BCUT2D eigenvalue weighted by molar-refractivity contribution is 0.0958. The largest absolute Gasteiger partial charge is 0.364 e. The number of aromatic nitrogens is 4. The summed E-state index contributed by atoms with van der Waals surface area (Å²) in [5, 5.41) is 10.00. The molecule has 3 aromatic heterocycles. The van der Waals surface area contributed by atoms with Gasteiger partial charge in [-0.15, -0.1) is 6.42 Å². The van der Waals surface area contributed by atoms with Gasteiger partial charge in [-0.25, -0.2) is 14.5 Å². The van der Waals surface area contributed by atoms with E-state index in [2.05, 4.69) is 31.6 Å². The van der Waals surface area contributed by atoms with E-state index in [0.29, 0.717) is 17.9 Å². The van der Waals surface area contributed by atoms with Gasteiger partial charge in [0.1, 0.15) is 5.82 Å². The molecule has 0 atom stereocenters. The van der Waals surface area contributed by atoms with Crippen LogP contribution >= 0.6 is 0 Å². The fourth-order valence-corrected chi connectivity index (χ4v) is 2.07. The van der Waals surface area contributed by atoms with E-state index in [0.717, 1.165) is 11.3 Å². The second kappa shape index (κ2) is 6.58. The second-order valence-electron chi connectivity index (χ2n) is 4.71. The lowest BCUT2D eigenvalue weighted by atomic mass is 10.2. The maximum atomic E-state index is 11.7. The summed E-state index contributed by atoms with van der Waals surface area (Å²) in [6.07, 6.45) is 10.0. The van der Waals surface area contributed by atoms with Gasteiger partial charge in [0.15, 0.2) is 5.65 Å². The van der Waals surface area contributed by atoms with E-state index in [1.165, 1.54) is 6.20 Å². The number of hydrogen-bond donors (Lipinski definition) is 2. The third-order valence-electron chi connectivity index (χ3n) is 3.20. The van der Waals surface area contributed by atoms with E-state index < -0.39 is 0 Å². The van der Waals surface area contributed by atoms with Gasteiger partial charge in [0.25, 0.3) is 5.91 Å². The molecule has 3 rings (SSSR count). The van der Waals surface area contributed by atoms with E-state index in [1.54, 1.807) is 29.0 Å². The van der Waals surface area contributed by atoms with E-state index >= 15 is 0 Å². The number of carbonyl (C=O) groups is 1. The van der Waals surface area contributed by atoms with Gasteiger partial charge in [-0.05, 0) is 18.2 Å². The van der Waals surface area contributed by atoms with Crippen LogP contribution < -0.4 is 10.6 Å². The van der Waals surface area contributed by atoms with Gasteiger partial charge in [-0.2, -0.15) is 5.10 Å². The predicted octanol–water partition coefficient (Wildman–Crippen LogP) is 1.10. The molecule has 0 aliphatic rings. The Labute approximate surface area is 132 Å². The summed E-state index contributed by atoms with van der Waals surface area (Å²) < 4.78 is 1.76. The Balaban J connectivity index is 1.66. The van der Waals surface area contributed by atoms with Crippen LogP contribution in [0.4, 0.5) is 5.82 Å². The van der Waals surface area contributed by atoms with Crippen LogP contribution in [0.3, 0.4) is 0 Å². The third-order valence-corrected chi connectivity index (χ3v) is 3.20. The molecule has 0 aliphatic carbocycles. The zero-order valence-electron chi connectivity index (χ0n) is 12.2. The first-order chi connectivity index (χ1) is 11.3. The van der Waals surface area contributed by atoms with Crippen molar-refractivity contribution in [1.29, 1.82) is 0 Å². The van der Waals surface area contributed by atoms with Crippen LogP contribution in [-0.4, -0.2) is 32.0 Å². The minimum absolute atomic E-state index is 0.195. The zero-order valence-corrected chi connectivity index (χ0v) is 12.2. The predicted molar refractivity (Wildman–Crippen MR) is 85.7 cm³/mol. The van der Waals surface area contributed by atoms with Crippen molar-refractivity contribution in [2.45, 2.75) is 6.54 Å². The number of rotatable bonds is 5. The number of terminal acetylenes is 1. The number of carbonyl (C=O) groups excluding carboxylic acids is 1. The van der Waals surface area contributed by atoms with E-state index in [1.807, 2.05) is 12.1 Å². The molecular formula is C16H14N6O. The van der Waals surface area contributed by atoms with Crippen molar-refractivity contribution in [3.8, 4) is 12.3 Å². The fraction of sp³-hybridized carbons (Fsp3) is 0.125. The van der Waals surface area contributed by atoms with Crippen molar-refractivity contribution >= 4 is 17.4 Å². The van der Waals surface area contributed by atoms with Gasteiger partial charge in [0.05, 0.1) is 30.5 Å². The Morgan fingerprint density at radius 1 is 1.22 bits per heavy atom. The van der Waals surface area contributed by atoms with Crippen LogP contribution in [0.15, 0.2) is 42.9 Å². The number of nitrogens with one attached hydrogen (secondary N) is 2. The Kier molecular flexibility index (Phi) is 4.16. The molecule has 114 valence electrons. The molecule has 3 heterocycles. The third kappa shape index (κ3) is 3.27. The number of nitrogens with zero attached hydrogens (tertiary/aromatic N) is 4. The fourth-order valence-electron chi connectivity index (χ4n) is 2.07.